The van der Waals surface area contributed by atoms with Crippen molar-refractivity contribution in [2.24, 2.45) is 16.8 Å². The number of alkyl halides is 1. The molecule has 2 aliphatic rings. The molecule has 0 saturated heterocycles. The number of hydrogen-bond donors (Lipinski definition) is 1. The standard InChI is InChI=1S/C8H10FNO/c1-4(9)7-2-5-6(3-10-7)8(5)11/h2-6,8,11H,1H3. The van der Waals surface area contributed by atoms with Gasteiger partial charge in [0.2, 0.25) is 0 Å². The molecule has 2 rings (SSSR count). The summed E-state index contributed by atoms with van der Waals surface area (Å²) in [4.78, 5) is 3.90. The summed E-state index contributed by atoms with van der Waals surface area (Å²) in [5.41, 5.74) is 0.461. The minimum absolute atomic E-state index is 0.140. The van der Waals surface area contributed by atoms with E-state index in [1.807, 2.05) is 0 Å². The highest BCUT2D eigenvalue weighted by Gasteiger charge is 2.48. The van der Waals surface area contributed by atoms with Crippen molar-refractivity contribution >= 4 is 6.21 Å². The molecule has 60 valence electrons. The predicted molar refractivity (Wildman–Crippen MR) is 40.1 cm³/mol. The monoisotopic (exact) mass is 155 g/mol. The van der Waals surface area contributed by atoms with Gasteiger partial charge in [-0.2, -0.15) is 0 Å². The Morgan fingerprint density at radius 1 is 1.64 bits per heavy atom. The van der Waals surface area contributed by atoms with Crippen molar-refractivity contribution in [3.05, 3.63) is 11.8 Å². The highest BCUT2D eigenvalue weighted by atomic mass is 19.1. The molecule has 1 fully saturated rings. The van der Waals surface area contributed by atoms with Gasteiger partial charge in [0.25, 0.3) is 0 Å². The van der Waals surface area contributed by atoms with Gasteiger partial charge in [-0.05, 0) is 6.92 Å². The van der Waals surface area contributed by atoms with Crippen LogP contribution in [0.2, 0.25) is 0 Å². The Balaban J connectivity index is 2.16. The van der Waals surface area contributed by atoms with E-state index in [-0.39, 0.29) is 17.9 Å². The molecule has 2 nitrogen and oxygen atoms in total. The summed E-state index contributed by atoms with van der Waals surface area (Å²) >= 11 is 0. The fourth-order valence-electron chi connectivity index (χ4n) is 1.39. The lowest BCUT2D eigenvalue weighted by molar-refractivity contribution is 0.262. The zero-order valence-corrected chi connectivity index (χ0v) is 6.24. The molecule has 1 N–H and O–H groups in total. The number of rotatable bonds is 1. The van der Waals surface area contributed by atoms with Crippen molar-refractivity contribution in [3.8, 4) is 0 Å². The van der Waals surface area contributed by atoms with Crippen LogP contribution in [0.25, 0.3) is 0 Å². The van der Waals surface area contributed by atoms with Gasteiger partial charge in [0.15, 0.2) is 0 Å². The molecule has 1 saturated carbocycles. The minimum Gasteiger partial charge on any atom is -0.392 e. The number of nitrogens with zero attached hydrogens (tertiary/aromatic N) is 1. The maximum absolute atomic E-state index is 12.6. The first kappa shape index (κ1) is 6.98. The van der Waals surface area contributed by atoms with Crippen LogP contribution in [0, 0.1) is 11.8 Å². The number of allylic oxidation sites excluding steroid dienone is 1. The molecule has 4 atom stereocenters. The van der Waals surface area contributed by atoms with E-state index in [4.69, 9.17) is 5.11 Å². The van der Waals surface area contributed by atoms with Crippen molar-refractivity contribution in [3.63, 3.8) is 0 Å². The molecule has 4 unspecified atom stereocenters. The summed E-state index contributed by atoms with van der Waals surface area (Å²) in [6.07, 6.45) is 2.07. The van der Waals surface area contributed by atoms with E-state index in [0.717, 1.165) is 0 Å². The largest absolute Gasteiger partial charge is 0.392 e. The third kappa shape index (κ3) is 0.997. The fraction of sp³-hybridized carbons (Fsp3) is 0.625. The molecule has 0 bridgehead atoms. The topological polar surface area (TPSA) is 32.6 Å². The van der Waals surface area contributed by atoms with Crippen LogP contribution in [-0.4, -0.2) is 23.6 Å². The number of aliphatic hydroxyl groups is 1. The number of aliphatic imine (C=N–C) groups is 1. The Bertz CT molecular complexity index is 234. The van der Waals surface area contributed by atoms with Gasteiger partial charge in [0, 0.05) is 18.1 Å². The smallest absolute Gasteiger partial charge is 0.139 e. The van der Waals surface area contributed by atoms with Gasteiger partial charge in [-0.3, -0.25) is 4.99 Å². The Morgan fingerprint density at radius 3 is 2.91 bits per heavy atom. The van der Waals surface area contributed by atoms with Gasteiger partial charge in [0.1, 0.15) is 6.17 Å². The normalized spacial score (nSPS) is 42.8. The summed E-state index contributed by atoms with van der Waals surface area (Å²) < 4.78 is 12.6. The Morgan fingerprint density at radius 2 is 2.36 bits per heavy atom. The summed E-state index contributed by atoms with van der Waals surface area (Å²) in [5, 5.41) is 9.17. The van der Waals surface area contributed by atoms with E-state index in [1.165, 1.54) is 6.92 Å². The van der Waals surface area contributed by atoms with Gasteiger partial charge in [-0.25, -0.2) is 4.39 Å². The van der Waals surface area contributed by atoms with Gasteiger partial charge in [-0.1, -0.05) is 6.08 Å². The number of aliphatic hydroxyl groups excluding tert-OH is 1. The Labute approximate surface area is 64.4 Å². The number of fused-ring (bicyclic) bond motifs is 1. The molecule has 11 heavy (non-hydrogen) atoms. The lowest BCUT2D eigenvalue weighted by Crippen LogP contribution is -2.01. The van der Waals surface area contributed by atoms with Crippen LogP contribution in [-0.2, 0) is 0 Å². The van der Waals surface area contributed by atoms with Crippen LogP contribution in [0.1, 0.15) is 6.92 Å². The van der Waals surface area contributed by atoms with Crippen molar-refractivity contribution in [1.29, 1.82) is 0 Å². The van der Waals surface area contributed by atoms with E-state index < -0.39 is 6.17 Å². The first-order valence-electron chi connectivity index (χ1n) is 3.78. The first-order chi connectivity index (χ1) is 5.20. The van der Waals surface area contributed by atoms with E-state index in [9.17, 15) is 4.39 Å². The van der Waals surface area contributed by atoms with E-state index in [2.05, 4.69) is 4.99 Å². The molecular weight excluding hydrogens is 145 g/mol. The van der Waals surface area contributed by atoms with Gasteiger partial charge in [0.05, 0.1) is 11.8 Å². The highest BCUT2D eigenvalue weighted by molar-refractivity contribution is 5.70. The maximum Gasteiger partial charge on any atom is 0.139 e. The molecule has 0 amide bonds. The Hall–Kier alpha value is -0.700. The van der Waals surface area contributed by atoms with E-state index >= 15 is 0 Å². The van der Waals surface area contributed by atoms with E-state index in [1.54, 1.807) is 12.3 Å². The van der Waals surface area contributed by atoms with Crippen LogP contribution in [0.4, 0.5) is 4.39 Å². The fourth-order valence-corrected chi connectivity index (χ4v) is 1.39. The lowest BCUT2D eigenvalue weighted by atomic mass is 10.2. The summed E-state index contributed by atoms with van der Waals surface area (Å²) in [6, 6.07) is 0. The number of halogens is 1. The second kappa shape index (κ2) is 2.14. The van der Waals surface area contributed by atoms with Crippen molar-refractivity contribution in [2.45, 2.75) is 19.2 Å². The molecule has 1 aliphatic carbocycles. The molecule has 1 heterocycles. The SMILES string of the molecule is CC(F)C1=CC2C(O)C2C=N1. The lowest BCUT2D eigenvalue weighted by Gasteiger charge is -2.04. The number of hydrogen-bond acceptors (Lipinski definition) is 2. The minimum atomic E-state index is -1.01. The predicted octanol–water partition coefficient (Wildman–Crippen LogP) is 0.920. The summed E-state index contributed by atoms with van der Waals surface area (Å²) in [5.74, 6) is 0.304. The molecule has 0 aromatic rings. The van der Waals surface area contributed by atoms with Crippen LogP contribution in [0.3, 0.4) is 0 Å². The van der Waals surface area contributed by atoms with E-state index in [0.29, 0.717) is 5.70 Å². The average molecular weight is 155 g/mol. The van der Waals surface area contributed by atoms with Gasteiger partial charge in [-0.15, -0.1) is 0 Å². The second-order valence-electron chi connectivity index (χ2n) is 3.13. The third-order valence-electron chi connectivity index (χ3n) is 2.26. The zero-order chi connectivity index (χ0) is 8.01. The summed E-state index contributed by atoms with van der Waals surface area (Å²) in [6.45, 7) is 1.46. The molecule has 0 aromatic carbocycles. The van der Waals surface area contributed by atoms with Crippen molar-refractivity contribution in [2.75, 3.05) is 0 Å². The van der Waals surface area contributed by atoms with Crippen LogP contribution < -0.4 is 0 Å². The highest BCUT2D eigenvalue weighted by Crippen LogP contribution is 2.42. The Kier molecular flexibility index (Phi) is 1.36. The van der Waals surface area contributed by atoms with Crippen LogP contribution in [0.5, 0.6) is 0 Å². The molecule has 0 spiro atoms. The average Bonchev–Trinajstić information content (AvgIpc) is 2.62. The van der Waals surface area contributed by atoms with Gasteiger partial charge >= 0.3 is 0 Å². The summed E-state index contributed by atoms with van der Waals surface area (Å²) in [7, 11) is 0. The quantitative estimate of drug-likeness (QED) is 0.600. The first-order valence-corrected chi connectivity index (χ1v) is 3.78. The van der Waals surface area contributed by atoms with Crippen LogP contribution in [0.15, 0.2) is 16.8 Å². The second-order valence-corrected chi connectivity index (χ2v) is 3.13. The molecule has 3 heteroatoms. The van der Waals surface area contributed by atoms with Crippen molar-refractivity contribution in [1.82, 2.24) is 0 Å². The molecule has 0 aromatic heterocycles. The third-order valence-corrected chi connectivity index (χ3v) is 2.26. The van der Waals surface area contributed by atoms with Crippen LogP contribution >= 0.6 is 0 Å². The molecule has 1 aliphatic heterocycles. The zero-order valence-electron chi connectivity index (χ0n) is 6.24. The molecule has 0 radical (unpaired) electrons. The van der Waals surface area contributed by atoms with Crippen molar-refractivity contribution < 1.29 is 9.50 Å². The maximum atomic E-state index is 12.6. The van der Waals surface area contributed by atoms with Gasteiger partial charge < -0.3 is 5.11 Å². The molecular formula is C8H10FNO.